The lowest BCUT2D eigenvalue weighted by atomic mass is 10.2. The number of hydrogen-bond acceptors (Lipinski definition) is 5. The summed E-state index contributed by atoms with van der Waals surface area (Å²) in [7, 11) is 1.56. The lowest BCUT2D eigenvalue weighted by Crippen LogP contribution is -2.28. The minimum absolute atomic E-state index is 0.147. The van der Waals surface area contributed by atoms with E-state index in [0.717, 1.165) is 11.8 Å². The van der Waals surface area contributed by atoms with Gasteiger partial charge in [0.05, 0.1) is 29.3 Å². The van der Waals surface area contributed by atoms with E-state index in [0.29, 0.717) is 22.6 Å². The summed E-state index contributed by atoms with van der Waals surface area (Å²) >= 11 is 1.03. The highest BCUT2D eigenvalue weighted by Gasteiger charge is 2.14. The molecular formula is C14H16N2O4S. The second-order valence-electron chi connectivity index (χ2n) is 4.56. The van der Waals surface area contributed by atoms with Crippen LogP contribution in [0.1, 0.15) is 6.92 Å². The van der Waals surface area contributed by atoms with E-state index in [1.54, 1.807) is 31.4 Å². The Balaban J connectivity index is 2.53. The van der Waals surface area contributed by atoms with E-state index in [-0.39, 0.29) is 17.4 Å². The van der Waals surface area contributed by atoms with E-state index >= 15 is 0 Å². The maximum absolute atomic E-state index is 12.6. The van der Waals surface area contributed by atoms with Crippen LogP contribution in [0.15, 0.2) is 34.2 Å². The summed E-state index contributed by atoms with van der Waals surface area (Å²) in [5.41, 5.74) is 0.383. The maximum atomic E-state index is 12.6. The molecule has 1 atom stereocenters. The van der Waals surface area contributed by atoms with Gasteiger partial charge in [-0.1, -0.05) is 23.9 Å². The molecule has 0 fully saturated rings. The molecule has 0 aliphatic heterocycles. The second kappa shape index (κ2) is 6.73. The van der Waals surface area contributed by atoms with Crippen LogP contribution >= 0.6 is 11.8 Å². The number of ether oxygens (including phenoxy) is 1. The number of rotatable bonds is 6. The molecule has 0 bridgehead atoms. The molecule has 0 radical (unpaired) electrons. The Bertz CT molecular complexity index is 714. The zero-order chi connectivity index (χ0) is 15.4. The smallest absolute Gasteiger partial charge is 0.313 e. The Hall–Kier alpha value is -1.86. The number of carboxylic acids is 1. The van der Waals surface area contributed by atoms with E-state index in [9.17, 15) is 9.59 Å². The Labute approximate surface area is 125 Å². The van der Waals surface area contributed by atoms with Crippen LogP contribution in [-0.4, -0.2) is 39.6 Å². The Morgan fingerprint density at radius 2 is 2.19 bits per heavy atom. The summed E-state index contributed by atoms with van der Waals surface area (Å²) in [5.74, 6) is -1.10. The number of thioether (sulfide) groups is 1. The van der Waals surface area contributed by atoms with Gasteiger partial charge in [0, 0.05) is 7.11 Å². The summed E-state index contributed by atoms with van der Waals surface area (Å²) in [6.07, 6.45) is -0.171. The van der Waals surface area contributed by atoms with Crippen molar-refractivity contribution >= 4 is 28.6 Å². The molecular weight excluding hydrogens is 292 g/mol. The third-order valence-corrected chi connectivity index (χ3v) is 3.95. The molecule has 1 N–H and O–H groups in total. The molecule has 112 valence electrons. The zero-order valence-corrected chi connectivity index (χ0v) is 12.6. The van der Waals surface area contributed by atoms with Crippen LogP contribution in [0.5, 0.6) is 0 Å². The summed E-state index contributed by atoms with van der Waals surface area (Å²) in [6, 6.07) is 7.03. The normalized spacial score (nSPS) is 12.5. The van der Waals surface area contributed by atoms with Crippen molar-refractivity contribution in [2.45, 2.75) is 24.7 Å². The first-order valence-corrected chi connectivity index (χ1v) is 7.38. The molecule has 1 heterocycles. The van der Waals surface area contributed by atoms with Gasteiger partial charge in [0.15, 0.2) is 5.16 Å². The lowest BCUT2D eigenvalue weighted by molar-refractivity contribution is -0.133. The molecule has 0 amide bonds. The minimum atomic E-state index is -0.950. The van der Waals surface area contributed by atoms with Gasteiger partial charge in [0.1, 0.15) is 0 Å². The molecule has 0 spiro atoms. The number of benzene rings is 1. The molecule has 1 aromatic carbocycles. The van der Waals surface area contributed by atoms with Crippen LogP contribution in [0.25, 0.3) is 10.9 Å². The molecule has 2 rings (SSSR count). The first kappa shape index (κ1) is 15.5. The largest absolute Gasteiger partial charge is 0.481 e. The third kappa shape index (κ3) is 3.62. The van der Waals surface area contributed by atoms with Gasteiger partial charge in [0.2, 0.25) is 0 Å². The predicted octanol–water partition coefficient (Wildman–Crippen LogP) is 1.61. The molecule has 1 aromatic heterocycles. The fraction of sp³-hybridized carbons (Fsp3) is 0.357. The van der Waals surface area contributed by atoms with Crippen molar-refractivity contribution in [2.75, 3.05) is 12.9 Å². The number of methoxy groups -OCH3 is 1. The number of fused-ring (bicyclic) bond motifs is 1. The minimum Gasteiger partial charge on any atom is -0.481 e. The highest BCUT2D eigenvalue weighted by Crippen LogP contribution is 2.18. The van der Waals surface area contributed by atoms with Crippen LogP contribution in [0.4, 0.5) is 0 Å². The van der Waals surface area contributed by atoms with Gasteiger partial charge < -0.3 is 9.84 Å². The van der Waals surface area contributed by atoms with Crippen LogP contribution in [0.2, 0.25) is 0 Å². The summed E-state index contributed by atoms with van der Waals surface area (Å²) in [4.78, 5) is 27.7. The number of hydrogen-bond donors (Lipinski definition) is 1. The molecule has 21 heavy (non-hydrogen) atoms. The van der Waals surface area contributed by atoms with Gasteiger partial charge in [-0.15, -0.1) is 0 Å². The molecule has 0 aliphatic rings. The molecule has 0 aliphatic carbocycles. The molecule has 2 aromatic rings. The summed E-state index contributed by atoms with van der Waals surface area (Å²) in [6.45, 7) is 2.17. The lowest BCUT2D eigenvalue weighted by Gasteiger charge is -2.15. The molecule has 0 saturated carbocycles. The van der Waals surface area contributed by atoms with Crippen LogP contribution in [0, 0.1) is 0 Å². The van der Waals surface area contributed by atoms with Gasteiger partial charge in [-0.2, -0.15) is 0 Å². The summed E-state index contributed by atoms with van der Waals surface area (Å²) < 4.78 is 6.66. The Morgan fingerprint density at radius 1 is 1.48 bits per heavy atom. The van der Waals surface area contributed by atoms with Gasteiger partial charge in [-0.05, 0) is 19.1 Å². The van der Waals surface area contributed by atoms with E-state index in [1.807, 2.05) is 6.92 Å². The summed E-state index contributed by atoms with van der Waals surface area (Å²) in [5, 5.41) is 9.72. The molecule has 0 saturated heterocycles. The average molecular weight is 308 g/mol. The van der Waals surface area contributed by atoms with Gasteiger partial charge in [0.25, 0.3) is 5.56 Å². The van der Waals surface area contributed by atoms with Gasteiger partial charge in [-0.3, -0.25) is 14.2 Å². The highest BCUT2D eigenvalue weighted by molar-refractivity contribution is 7.99. The third-order valence-electron chi connectivity index (χ3n) is 2.99. The van der Waals surface area contributed by atoms with Crippen molar-refractivity contribution in [1.29, 1.82) is 0 Å². The van der Waals surface area contributed by atoms with Crippen molar-refractivity contribution < 1.29 is 14.6 Å². The first-order valence-electron chi connectivity index (χ1n) is 6.40. The quantitative estimate of drug-likeness (QED) is 0.645. The van der Waals surface area contributed by atoms with Gasteiger partial charge in [-0.25, -0.2) is 4.98 Å². The van der Waals surface area contributed by atoms with Crippen molar-refractivity contribution in [1.82, 2.24) is 9.55 Å². The fourth-order valence-electron chi connectivity index (χ4n) is 1.88. The SMILES string of the molecule is COC(C)Cn1c(SCC(=O)O)nc2ccccc2c1=O. The molecule has 6 nitrogen and oxygen atoms in total. The predicted molar refractivity (Wildman–Crippen MR) is 80.8 cm³/mol. The Morgan fingerprint density at radius 3 is 2.86 bits per heavy atom. The topological polar surface area (TPSA) is 81.4 Å². The van der Waals surface area contributed by atoms with Crippen molar-refractivity contribution in [2.24, 2.45) is 0 Å². The van der Waals surface area contributed by atoms with Crippen LogP contribution in [-0.2, 0) is 16.1 Å². The van der Waals surface area contributed by atoms with Gasteiger partial charge >= 0.3 is 5.97 Å². The fourth-order valence-corrected chi connectivity index (χ4v) is 2.61. The standard InChI is InChI=1S/C14H16N2O4S/c1-9(20-2)7-16-13(19)10-5-3-4-6-11(10)15-14(16)21-8-12(17)18/h3-6,9H,7-8H2,1-2H3,(H,17,18). The second-order valence-corrected chi connectivity index (χ2v) is 5.50. The van der Waals surface area contributed by atoms with E-state index in [1.165, 1.54) is 4.57 Å². The number of aromatic nitrogens is 2. The number of para-hydroxylation sites is 1. The number of aliphatic carboxylic acids is 1. The number of carbonyl (C=O) groups is 1. The Kier molecular flexibility index (Phi) is 4.98. The molecule has 7 heteroatoms. The van der Waals surface area contributed by atoms with Crippen LogP contribution < -0.4 is 5.56 Å². The maximum Gasteiger partial charge on any atom is 0.313 e. The van der Waals surface area contributed by atoms with Crippen molar-refractivity contribution in [3.8, 4) is 0 Å². The first-order chi connectivity index (χ1) is 10.0. The zero-order valence-electron chi connectivity index (χ0n) is 11.8. The monoisotopic (exact) mass is 308 g/mol. The van der Waals surface area contributed by atoms with Crippen LogP contribution in [0.3, 0.4) is 0 Å². The van der Waals surface area contributed by atoms with E-state index in [4.69, 9.17) is 9.84 Å². The molecule has 1 unspecified atom stereocenters. The van der Waals surface area contributed by atoms with E-state index in [2.05, 4.69) is 4.98 Å². The number of nitrogens with zero attached hydrogens (tertiary/aromatic N) is 2. The van der Waals surface area contributed by atoms with Crippen molar-refractivity contribution in [3.05, 3.63) is 34.6 Å². The average Bonchev–Trinajstić information content (AvgIpc) is 2.48. The van der Waals surface area contributed by atoms with Crippen molar-refractivity contribution in [3.63, 3.8) is 0 Å². The number of carboxylic acid groups (broad SMARTS) is 1. The van der Waals surface area contributed by atoms with E-state index < -0.39 is 5.97 Å². The highest BCUT2D eigenvalue weighted by atomic mass is 32.2.